The molecule has 1 N–H and O–H groups in total. The van der Waals surface area contributed by atoms with Gasteiger partial charge in [-0.25, -0.2) is 4.39 Å². The summed E-state index contributed by atoms with van der Waals surface area (Å²) < 4.78 is 13.3. The van der Waals surface area contributed by atoms with E-state index in [1.165, 1.54) is 40.9 Å². The maximum Gasteiger partial charge on any atom is 0.266 e. The number of amides is 2. The molecule has 1 spiro atoms. The average Bonchev–Trinajstić information content (AvgIpc) is 3.02. The van der Waals surface area contributed by atoms with Gasteiger partial charge in [0.2, 0.25) is 10.8 Å². The lowest BCUT2D eigenvalue weighted by Gasteiger charge is -2.32. The minimum Gasteiger partial charge on any atom is -0.322 e. The lowest BCUT2D eigenvalue weighted by atomic mass is 9.99. The average molecular weight is 342 g/mol. The fraction of sp³-hybridized carbons (Fsp3) is 0.222. The summed E-state index contributed by atoms with van der Waals surface area (Å²) in [6, 6.07) is 9.62. The molecule has 1 saturated heterocycles. The monoisotopic (exact) mass is 342 g/mol. The number of carbonyl (C=O) groups excluding carboxylic acids is 2. The largest absolute Gasteiger partial charge is 0.322 e. The minimum absolute atomic E-state index is 0.159. The van der Waals surface area contributed by atoms with Gasteiger partial charge in [0.1, 0.15) is 5.82 Å². The highest BCUT2D eigenvalue weighted by molar-refractivity contribution is 8.02. The summed E-state index contributed by atoms with van der Waals surface area (Å²) in [5.41, 5.74) is 4.08. The molecular formula is C18H15FN2O2S. The van der Waals surface area contributed by atoms with Crippen LogP contribution in [0.3, 0.4) is 0 Å². The maximum atomic E-state index is 13.3. The third-order valence-corrected chi connectivity index (χ3v) is 5.84. The number of halogens is 1. The lowest BCUT2D eigenvalue weighted by Crippen LogP contribution is -2.47. The van der Waals surface area contributed by atoms with Crippen LogP contribution in [0.5, 0.6) is 0 Å². The summed E-state index contributed by atoms with van der Waals surface area (Å²) in [6.07, 6.45) is 0. The Hall–Kier alpha value is -2.34. The minimum atomic E-state index is -1.12. The Kier molecular flexibility index (Phi) is 3.22. The highest BCUT2D eigenvalue weighted by Gasteiger charge is 2.58. The zero-order valence-corrected chi connectivity index (χ0v) is 14.0. The molecule has 2 aliphatic rings. The summed E-state index contributed by atoms with van der Waals surface area (Å²) >= 11 is 1.31. The van der Waals surface area contributed by atoms with Crippen LogP contribution >= 0.6 is 11.8 Å². The molecule has 0 aromatic heterocycles. The van der Waals surface area contributed by atoms with Crippen LogP contribution in [-0.2, 0) is 14.5 Å². The van der Waals surface area contributed by atoms with E-state index < -0.39 is 4.87 Å². The number of benzene rings is 2. The molecular weight excluding hydrogens is 327 g/mol. The van der Waals surface area contributed by atoms with E-state index in [4.69, 9.17) is 0 Å². The lowest BCUT2D eigenvalue weighted by molar-refractivity contribution is -0.122. The molecule has 4 nitrogen and oxygen atoms in total. The van der Waals surface area contributed by atoms with Gasteiger partial charge in [0, 0.05) is 11.3 Å². The number of rotatable bonds is 1. The Morgan fingerprint density at radius 1 is 1.17 bits per heavy atom. The summed E-state index contributed by atoms with van der Waals surface area (Å²) in [5.74, 6) is -0.563. The van der Waals surface area contributed by atoms with Gasteiger partial charge in [-0.05, 0) is 43.7 Å². The van der Waals surface area contributed by atoms with Gasteiger partial charge in [0.25, 0.3) is 5.91 Å². The van der Waals surface area contributed by atoms with E-state index in [-0.39, 0.29) is 23.4 Å². The van der Waals surface area contributed by atoms with Crippen LogP contribution in [-0.4, -0.2) is 17.6 Å². The Morgan fingerprint density at radius 2 is 1.88 bits per heavy atom. The molecule has 2 heterocycles. The molecule has 24 heavy (non-hydrogen) atoms. The van der Waals surface area contributed by atoms with Crippen molar-refractivity contribution in [2.24, 2.45) is 0 Å². The molecule has 1 unspecified atom stereocenters. The number of aryl methyl sites for hydroxylation is 2. The van der Waals surface area contributed by atoms with Crippen LogP contribution in [0.4, 0.5) is 15.8 Å². The standard InChI is InChI=1S/C18H15FN2O2S/c1-10-7-11(2)16-14(8-10)18(17(23)20-16)21(15(22)9-24-18)13-5-3-12(19)4-6-13/h3-8H,9H2,1-2H3,(H,20,23). The highest BCUT2D eigenvalue weighted by Crippen LogP contribution is 2.54. The van der Waals surface area contributed by atoms with Crippen molar-refractivity contribution in [3.8, 4) is 0 Å². The smallest absolute Gasteiger partial charge is 0.266 e. The number of fused-ring (bicyclic) bond motifs is 2. The van der Waals surface area contributed by atoms with Gasteiger partial charge in [0.05, 0.1) is 11.4 Å². The van der Waals surface area contributed by atoms with Crippen molar-refractivity contribution in [2.45, 2.75) is 18.7 Å². The number of thioether (sulfide) groups is 1. The van der Waals surface area contributed by atoms with Crippen molar-refractivity contribution in [1.29, 1.82) is 0 Å². The molecule has 122 valence electrons. The summed E-state index contributed by atoms with van der Waals surface area (Å²) in [6.45, 7) is 3.91. The van der Waals surface area contributed by atoms with Crippen LogP contribution < -0.4 is 10.2 Å². The first kappa shape index (κ1) is 15.2. The summed E-state index contributed by atoms with van der Waals surface area (Å²) in [7, 11) is 0. The molecule has 0 aliphatic carbocycles. The van der Waals surface area contributed by atoms with Gasteiger partial charge in [-0.2, -0.15) is 0 Å². The fourth-order valence-corrected chi connectivity index (χ4v) is 4.77. The predicted molar refractivity (Wildman–Crippen MR) is 92.6 cm³/mol. The van der Waals surface area contributed by atoms with Crippen LogP contribution in [0, 0.1) is 19.7 Å². The van der Waals surface area contributed by atoms with Crippen LogP contribution in [0.1, 0.15) is 16.7 Å². The van der Waals surface area contributed by atoms with Crippen molar-refractivity contribution in [3.63, 3.8) is 0 Å². The molecule has 2 aromatic carbocycles. The zero-order chi connectivity index (χ0) is 17.1. The summed E-state index contributed by atoms with van der Waals surface area (Å²) in [5, 5.41) is 2.93. The molecule has 1 atom stereocenters. The number of hydrogen-bond donors (Lipinski definition) is 1. The number of nitrogens with zero attached hydrogens (tertiary/aromatic N) is 1. The SMILES string of the molecule is Cc1cc(C)c2c(c1)C1(SCC(=O)N1c1ccc(F)cc1)C(=O)N2. The molecule has 4 rings (SSSR count). The number of anilines is 2. The Balaban J connectivity index is 1.95. The Bertz CT molecular complexity index is 881. The van der Waals surface area contributed by atoms with E-state index in [9.17, 15) is 14.0 Å². The first-order valence-corrected chi connectivity index (χ1v) is 8.58. The van der Waals surface area contributed by atoms with E-state index in [1.807, 2.05) is 26.0 Å². The molecule has 0 saturated carbocycles. The van der Waals surface area contributed by atoms with E-state index >= 15 is 0 Å². The second-order valence-corrected chi connectivity index (χ2v) is 7.26. The van der Waals surface area contributed by atoms with Gasteiger partial charge in [0.15, 0.2) is 0 Å². The fourth-order valence-electron chi connectivity index (χ4n) is 3.47. The molecule has 2 amide bonds. The third-order valence-electron chi connectivity index (χ3n) is 4.44. The van der Waals surface area contributed by atoms with Crippen molar-refractivity contribution >= 4 is 35.0 Å². The first-order chi connectivity index (χ1) is 11.4. The van der Waals surface area contributed by atoms with E-state index in [0.29, 0.717) is 5.69 Å². The second-order valence-electron chi connectivity index (χ2n) is 6.10. The van der Waals surface area contributed by atoms with Crippen molar-refractivity contribution in [3.05, 3.63) is 58.9 Å². The summed E-state index contributed by atoms with van der Waals surface area (Å²) in [4.78, 5) is 25.9. The predicted octanol–water partition coefficient (Wildman–Crippen LogP) is 3.33. The van der Waals surface area contributed by atoms with E-state index in [1.54, 1.807) is 0 Å². The van der Waals surface area contributed by atoms with Crippen molar-refractivity contribution in [1.82, 2.24) is 0 Å². The normalized spacial score (nSPS) is 22.2. The Morgan fingerprint density at radius 3 is 2.58 bits per heavy atom. The molecule has 2 aromatic rings. The van der Waals surface area contributed by atoms with Gasteiger partial charge < -0.3 is 5.32 Å². The molecule has 2 aliphatic heterocycles. The van der Waals surface area contributed by atoms with Gasteiger partial charge >= 0.3 is 0 Å². The topological polar surface area (TPSA) is 49.4 Å². The van der Waals surface area contributed by atoms with Gasteiger partial charge in [-0.1, -0.05) is 17.7 Å². The van der Waals surface area contributed by atoms with Crippen LogP contribution in [0.25, 0.3) is 0 Å². The van der Waals surface area contributed by atoms with Crippen molar-refractivity contribution in [2.75, 3.05) is 16.0 Å². The maximum absolute atomic E-state index is 13.3. The highest BCUT2D eigenvalue weighted by atomic mass is 32.2. The van der Waals surface area contributed by atoms with Gasteiger partial charge in [-0.15, -0.1) is 11.8 Å². The first-order valence-electron chi connectivity index (χ1n) is 7.59. The molecule has 0 radical (unpaired) electrons. The molecule has 0 bridgehead atoms. The zero-order valence-electron chi connectivity index (χ0n) is 13.2. The third kappa shape index (κ3) is 1.92. The van der Waals surface area contributed by atoms with E-state index in [2.05, 4.69) is 5.32 Å². The molecule has 6 heteroatoms. The number of nitrogens with one attached hydrogen (secondary N) is 1. The van der Waals surface area contributed by atoms with Crippen molar-refractivity contribution < 1.29 is 14.0 Å². The molecule has 1 fully saturated rings. The van der Waals surface area contributed by atoms with Crippen LogP contribution in [0.15, 0.2) is 36.4 Å². The quantitative estimate of drug-likeness (QED) is 0.865. The van der Waals surface area contributed by atoms with E-state index in [0.717, 1.165) is 22.4 Å². The van der Waals surface area contributed by atoms with Gasteiger partial charge in [-0.3, -0.25) is 14.5 Å². The Labute approximate surface area is 143 Å². The number of carbonyl (C=O) groups is 2. The second kappa shape index (κ2) is 5.08. The number of hydrogen-bond acceptors (Lipinski definition) is 3. The van der Waals surface area contributed by atoms with Crippen LogP contribution in [0.2, 0.25) is 0 Å².